The molecule has 6 nitrogen and oxygen atoms in total. The minimum Gasteiger partial charge on any atom is -0.494 e. The molecule has 1 aliphatic rings. The number of aromatic amines is 1. The number of benzene rings is 2. The second-order valence-corrected chi connectivity index (χ2v) is 7.56. The van der Waals surface area contributed by atoms with Crippen molar-refractivity contribution in [1.82, 2.24) is 4.98 Å². The number of piperidine rings is 1. The van der Waals surface area contributed by atoms with Gasteiger partial charge in [-0.05, 0) is 43.5 Å². The summed E-state index contributed by atoms with van der Waals surface area (Å²) in [6, 6.07) is 10.6. The van der Waals surface area contributed by atoms with Gasteiger partial charge in [0.1, 0.15) is 5.82 Å². The first-order valence-electron chi connectivity index (χ1n) is 9.94. The van der Waals surface area contributed by atoms with Crippen LogP contribution in [0.3, 0.4) is 0 Å². The second kappa shape index (κ2) is 8.18. The highest BCUT2D eigenvalue weighted by Crippen LogP contribution is 2.31. The molecule has 0 amide bonds. The number of hydrogen-bond acceptors (Lipinski definition) is 5. The summed E-state index contributed by atoms with van der Waals surface area (Å²) >= 11 is 0. The summed E-state index contributed by atoms with van der Waals surface area (Å²) in [5, 5.41) is 11.1. The number of halogens is 1. The number of aliphatic imine (C=N–C) groups is 1. The van der Waals surface area contributed by atoms with Crippen LogP contribution in [0, 0.1) is 18.7 Å². The Balaban J connectivity index is 1.52. The van der Waals surface area contributed by atoms with E-state index in [1.165, 1.54) is 13.2 Å². The van der Waals surface area contributed by atoms with Gasteiger partial charge in [-0.2, -0.15) is 0 Å². The van der Waals surface area contributed by atoms with E-state index in [-0.39, 0.29) is 23.6 Å². The van der Waals surface area contributed by atoms with Gasteiger partial charge in [-0.25, -0.2) is 4.39 Å². The molecule has 0 saturated carbocycles. The summed E-state index contributed by atoms with van der Waals surface area (Å²) in [7, 11) is 1.39. The van der Waals surface area contributed by atoms with Crippen LogP contribution in [0.5, 0.6) is 5.88 Å². The number of hydrogen-bond donors (Lipinski definition) is 2. The maximum absolute atomic E-state index is 14.8. The van der Waals surface area contributed by atoms with Crippen molar-refractivity contribution in [3.05, 3.63) is 53.3 Å². The number of carbonyl (C=O) groups is 1. The van der Waals surface area contributed by atoms with Crippen molar-refractivity contribution in [1.29, 1.82) is 0 Å². The maximum Gasteiger partial charge on any atom is 0.308 e. The van der Waals surface area contributed by atoms with E-state index in [1.807, 2.05) is 30.0 Å². The number of ether oxygens (including phenoxy) is 1. The molecular formula is C23H24FN3O3. The average molecular weight is 409 g/mol. The smallest absolute Gasteiger partial charge is 0.308 e. The molecule has 0 spiro atoms. The van der Waals surface area contributed by atoms with E-state index in [0.717, 1.165) is 16.5 Å². The third kappa shape index (κ3) is 3.75. The van der Waals surface area contributed by atoms with Gasteiger partial charge in [0.05, 0.1) is 30.0 Å². The quantitative estimate of drug-likeness (QED) is 0.493. The van der Waals surface area contributed by atoms with Crippen molar-refractivity contribution in [3.8, 4) is 5.88 Å². The van der Waals surface area contributed by atoms with Crippen molar-refractivity contribution in [2.75, 3.05) is 25.1 Å². The first-order valence-corrected chi connectivity index (χ1v) is 9.94. The van der Waals surface area contributed by atoms with E-state index >= 15 is 0 Å². The fraction of sp³-hybridized carbons (Fsp3) is 0.304. The van der Waals surface area contributed by atoms with Crippen molar-refractivity contribution in [2.45, 2.75) is 19.8 Å². The highest BCUT2D eigenvalue weighted by Gasteiger charge is 2.26. The molecule has 0 radical (unpaired) electrons. The fourth-order valence-corrected chi connectivity index (χ4v) is 4.06. The summed E-state index contributed by atoms with van der Waals surface area (Å²) < 4.78 is 19.6. The topological polar surface area (TPSA) is 77.9 Å². The van der Waals surface area contributed by atoms with E-state index in [1.54, 1.807) is 18.3 Å². The number of aromatic hydroxyl groups is 1. The summed E-state index contributed by atoms with van der Waals surface area (Å²) in [4.78, 5) is 20.9. The number of H-pyrrole nitrogens is 1. The number of aromatic nitrogens is 1. The highest BCUT2D eigenvalue weighted by molar-refractivity contribution is 6.04. The molecule has 3 aromatic rings. The molecule has 4 rings (SSSR count). The molecule has 0 bridgehead atoms. The number of nitrogens with zero attached hydrogens (tertiary/aromatic N) is 2. The molecule has 0 atom stereocenters. The van der Waals surface area contributed by atoms with Gasteiger partial charge in [-0.3, -0.25) is 9.79 Å². The van der Waals surface area contributed by atoms with Gasteiger partial charge in [-0.1, -0.05) is 12.1 Å². The van der Waals surface area contributed by atoms with Gasteiger partial charge in [-0.15, -0.1) is 0 Å². The van der Waals surface area contributed by atoms with Crippen LogP contribution in [0.25, 0.3) is 10.9 Å². The predicted octanol–water partition coefficient (Wildman–Crippen LogP) is 4.46. The zero-order valence-corrected chi connectivity index (χ0v) is 17.0. The van der Waals surface area contributed by atoms with Crippen LogP contribution in [0.4, 0.5) is 15.8 Å². The van der Waals surface area contributed by atoms with Crippen LogP contribution in [0.2, 0.25) is 0 Å². The number of esters is 1. The van der Waals surface area contributed by atoms with E-state index in [2.05, 4.69) is 9.98 Å². The molecule has 30 heavy (non-hydrogen) atoms. The summed E-state index contributed by atoms with van der Waals surface area (Å²) in [5.41, 5.74) is 3.39. The lowest BCUT2D eigenvalue weighted by Crippen LogP contribution is -2.37. The van der Waals surface area contributed by atoms with Crippen LogP contribution >= 0.6 is 0 Å². The van der Waals surface area contributed by atoms with Crippen molar-refractivity contribution in [3.63, 3.8) is 0 Å². The van der Waals surface area contributed by atoms with Gasteiger partial charge in [0.2, 0.25) is 0 Å². The van der Waals surface area contributed by atoms with Gasteiger partial charge in [0.25, 0.3) is 0 Å². The van der Waals surface area contributed by atoms with E-state index < -0.39 is 0 Å². The third-order valence-electron chi connectivity index (χ3n) is 5.69. The minimum atomic E-state index is -0.361. The molecule has 1 aromatic heterocycles. The molecule has 1 aliphatic heterocycles. The number of aryl methyl sites for hydroxylation is 1. The molecule has 1 fully saturated rings. The first-order chi connectivity index (χ1) is 14.5. The summed E-state index contributed by atoms with van der Waals surface area (Å²) in [5.74, 6) is -0.643. The zero-order chi connectivity index (χ0) is 21.3. The van der Waals surface area contributed by atoms with Crippen LogP contribution in [0.1, 0.15) is 24.0 Å². The van der Waals surface area contributed by atoms with Crippen LogP contribution in [-0.2, 0) is 9.53 Å². The standard InChI is InChI=1S/C23H24FN3O3/c1-14-4-3-5-19-21(14)17(22(28)26-19)13-25-16-6-7-20(18(24)12-16)27-10-8-15(9-11-27)23(29)30-2/h3-7,12-13,15,26,28H,8-11H2,1-2H3. The van der Waals surface area contributed by atoms with Gasteiger partial charge in [0, 0.05) is 36.3 Å². The molecule has 7 heteroatoms. The van der Waals surface area contributed by atoms with Crippen molar-refractivity contribution in [2.24, 2.45) is 10.9 Å². The lowest BCUT2D eigenvalue weighted by Gasteiger charge is -2.32. The van der Waals surface area contributed by atoms with Crippen LogP contribution < -0.4 is 4.90 Å². The number of carbonyl (C=O) groups excluding carboxylic acids is 1. The Morgan fingerprint density at radius 1 is 1.30 bits per heavy atom. The lowest BCUT2D eigenvalue weighted by molar-refractivity contribution is -0.146. The molecule has 0 aliphatic carbocycles. The monoisotopic (exact) mass is 409 g/mol. The Labute approximate surface area is 174 Å². The summed E-state index contributed by atoms with van der Waals surface area (Å²) in [6.45, 7) is 3.16. The van der Waals surface area contributed by atoms with E-state index in [0.29, 0.717) is 42.9 Å². The Bertz CT molecular complexity index is 1110. The molecule has 2 aromatic carbocycles. The Kier molecular flexibility index (Phi) is 5.44. The van der Waals surface area contributed by atoms with E-state index in [9.17, 15) is 14.3 Å². The number of methoxy groups -OCH3 is 1. The van der Waals surface area contributed by atoms with Gasteiger partial charge >= 0.3 is 5.97 Å². The fourth-order valence-electron chi connectivity index (χ4n) is 4.06. The summed E-state index contributed by atoms with van der Waals surface area (Å²) in [6.07, 6.45) is 2.84. The molecule has 0 unspecified atom stereocenters. The average Bonchev–Trinajstić information content (AvgIpc) is 3.08. The molecule has 1 saturated heterocycles. The Morgan fingerprint density at radius 3 is 2.77 bits per heavy atom. The molecule has 2 heterocycles. The zero-order valence-electron chi connectivity index (χ0n) is 17.0. The minimum absolute atomic E-state index is 0.0358. The predicted molar refractivity (Wildman–Crippen MR) is 115 cm³/mol. The third-order valence-corrected chi connectivity index (χ3v) is 5.69. The first kappa shape index (κ1) is 19.9. The number of fused-ring (bicyclic) bond motifs is 1. The second-order valence-electron chi connectivity index (χ2n) is 7.56. The van der Waals surface area contributed by atoms with Crippen LogP contribution in [-0.4, -0.2) is 42.5 Å². The largest absolute Gasteiger partial charge is 0.494 e. The number of anilines is 1. The lowest BCUT2D eigenvalue weighted by atomic mass is 9.96. The number of nitrogens with one attached hydrogen (secondary N) is 1. The Hall–Kier alpha value is -3.35. The molecular weight excluding hydrogens is 385 g/mol. The number of rotatable bonds is 4. The normalized spacial score (nSPS) is 15.2. The SMILES string of the molecule is COC(=O)C1CCN(c2ccc(N=Cc3c(O)[nH]c4cccc(C)c34)cc2F)CC1. The Morgan fingerprint density at radius 2 is 2.07 bits per heavy atom. The molecule has 2 N–H and O–H groups in total. The van der Waals surface area contributed by atoms with Crippen molar-refractivity contribution < 1.29 is 19.0 Å². The van der Waals surface area contributed by atoms with E-state index in [4.69, 9.17) is 4.74 Å². The van der Waals surface area contributed by atoms with Crippen LogP contribution in [0.15, 0.2) is 41.4 Å². The van der Waals surface area contributed by atoms with Crippen molar-refractivity contribution >= 4 is 34.5 Å². The molecule has 156 valence electrons. The van der Waals surface area contributed by atoms with Gasteiger partial charge in [0.15, 0.2) is 5.88 Å². The highest BCUT2D eigenvalue weighted by atomic mass is 19.1. The maximum atomic E-state index is 14.8. The van der Waals surface area contributed by atoms with Gasteiger partial charge < -0.3 is 19.7 Å².